The number of aryl methyl sites for hydroxylation is 2. The number of carbonyl (C=O) groups excluding carboxylic acids is 1. The lowest BCUT2D eigenvalue weighted by molar-refractivity contribution is -0.0280. The summed E-state index contributed by atoms with van der Waals surface area (Å²) in [4.78, 5) is 31.2. The fraction of sp³-hybridized carbons (Fsp3) is 0.333. The van der Waals surface area contributed by atoms with Crippen LogP contribution in [-0.4, -0.2) is 50.3 Å². The number of nitrogens with one attached hydrogen (secondary N) is 1. The second kappa shape index (κ2) is 6.38. The molecular weight excluding hydrogens is 334 g/mol. The molecule has 1 saturated heterocycles. The van der Waals surface area contributed by atoms with Gasteiger partial charge >= 0.3 is 0 Å². The number of ether oxygens (including phenoxy) is 1. The Labute approximate surface area is 149 Å². The molecule has 8 nitrogen and oxygen atoms in total. The van der Waals surface area contributed by atoms with Crippen molar-refractivity contribution in [3.63, 3.8) is 0 Å². The van der Waals surface area contributed by atoms with E-state index in [2.05, 4.69) is 15.2 Å². The molecule has 0 spiro atoms. The predicted molar refractivity (Wildman–Crippen MR) is 94.9 cm³/mol. The third-order valence-corrected chi connectivity index (χ3v) is 4.57. The lowest BCUT2D eigenvalue weighted by atomic mass is 10.1. The van der Waals surface area contributed by atoms with Crippen molar-refractivity contribution in [2.45, 2.75) is 13.0 Å². The van der Waals surface area contributed by atoms with Crippen molar-refractivity contribution < 1.29 is 9.53 Å². The molecule has 1 aromatic carbocycles. The van der Waals surface area contributed by atoms with Gasteiger partial charge in [0.2, 0.25) is 0 Å². The number of imidazole rings is 1. The summed E-state index contributed by atoms with van der Waals surface area (Å²) in [5, 5.41) is 7.44. The zero-order valence-corrected chi connectivity index (χ0v) is 14.6. The van der Waals surface area contributed by atoms with Gasteiger partial charge in [-0.05, 0) is 13.0 Å². The van der Waals surface area contributed by atoms with Crippen molar-refractivity contribution in [2.24, 2.45) is 7.05 Å². The first-order valence-corrected chi connectivity index (χ1v) is 8.43. The van der Waals surface area contributed by atoms with Crippen LogP contribution in [0.1, 0.15) is 28.1 Å². The zero-order valence-electron chi connectivity index (χ0n) is 14.6. The molecule has 0 radical (unpaired) electrons. The highest BCUT2D eigenvalue weighted by Gasteiger charge is 2.30. The van der Waals surface area contributed by atoms with Crippen LogP contribution in [0.3, 0.4) is 0 Å². The van der Waals surface area contributed by atoms with E-state index in [9.17, 15) is 9.59 Å². The van der Waals surface area contributed by atoms with Gasteiger partial charge in [-0.15, -0.1) is 0 Å². The number of benzene rings is 1. The number of H-pyrrole nitrogens is 1. The molecule has 3 heterocycles. The zero-order chi connectivity index (χ0) is 18.3. The standard InChI is InChI=1S/C18H19N5O3/c1-11-9-22(2)16(19-11)14-10-23(7-8-26-14)18(25)15-12-5-3-4-6-13(12)17(24)21-20-15/h3-6,9,14H,7-8,10H2,1-2H3,(H,21,24)/t14-/m0/s1. The first-order chi connectivity index (χ1) is 12.5. The van der Waals surface area contributed by atoms with Gasteiger partial charge in [-0.1, -0.05) is 18.2 Å². The average Bonchev–Trinajstić information content (AvgIpc) is 3.00. The highest BCUT2D eigenvalue weighted by Crippen LogP contribution is 2.23. The first kappa shape index (κ1) is 16.5. The van der Waals surface area contributed by atoms with Gasteiger partial charge in [-0.25, -0.2) is 10.1 Å². The SMILES string of the molecule is Cc1cn(C)c([C@@H]2CN(C(=O)c3n[nH]c(=O)c4ccccc34)CCO2)n1. The smallest absolute Gasteiger partial charge is 0.275 e. The van der Waals surface area contributed by atoms with Gasteiger partial charge in [-0.3, -0.25) is 9.59 Å². The minimum atomic E-state index is -0.305. The molecule has 0 unspecified atom stereocenters. The number of carbonyl (C=O) groups is 1. The monoisotopic (exact) mass is 353 g/mol. The Morgan fingerprint density at radius 3 is 2.81 bits per heavy atom. The van der Waals surface area contributed by atoms with E-state index in [1.807, 2.05) is 24.7 Å². The molecule has 1 aliphatic heterocycles. The summed E-state index contributed by atoms with van der Waals surface area (Å²) in [6.45, 7) is 3.20. The largest absolute Gasteiger partial charge is 0.367 e. The van der Waals surface area contributed by atoms with Gasteiger partial charge in [0.15, 0.2) is 5.69 Å². The molecular formula is C18H19N5O3. The molecule has 1 aliphatic rings. The summed E-state index contributed by atoms with van der Waals surface area (Å²) < 4.78 is 7.74. The van der Waals surface area contributed by atoms with Gasteiger partial charge < -0.3 is 14.2 Å². The number of rotatable bonds is 2. The topological polar surface area (TPSA) is 93.1 Å². The Morgan fingerprint density at radius 1 is 1.31 bits per heavy atom. The Hall–Kier alpha value is -3.00. The summed E-state index contributed by atoms with van der Waals surface area (Å²) in [5.41, 5.74) is 0.847. The van der Waals surface area contributed by atoms with Crippen LogP contribution in [0.4, 0.5) is 0 Å². The Morgan fingerprint density at radius 2 is 2.08 bits per heavy atom. The fourth-order valence-electron chi connectivity index (χ4n) is 3.35. The highest BCUT2D eigenvalue weighted by atomic mass is 16.5. The van der Waals surface area contributed by atoms with Crippen LogP contribution in [0.25, 0.3) is 10.8 Å². The van der Waals surface area contributed by atoms with Crippen molar-refractivity contribution >= 4 is 16.7 Å². The Balaban J connectivity index is 1.66. The molecule has 8 heteroatoms. The third kappa shape index (κ3) is 2.78. The molecule has 3 aromatic rings. The van der Waals surface area contributed by atoms with Crippen LogP contribution in [0.2, 0.25) is 0 Å². The van der Waals surface area contributed by atoms with E-state index >= 15 is 0 Å². The number of hydrogen-bond acceptors (Lipinski definition) is 5. The summed E-state index contributed by atoms with van der Waals surface area (Å²) >= 11 is 0. The van der Waals surface area contributed by atoms with E-state index in [1.165, 1.54) is 0 Å². The summed E-state index contributed by atoms with van der Waals surface area (Å²) in [5.74, 6) is 0.566. The maximum absolute atomic E-state index is 13.1. The highest BCUT2D eigenvalue weighted by molar-refractivity contribution is 6.04. The quantitative estimate of drug-likeness (QED) is 0.747. The molecule has 134 valence electrons. The lowest BCUT2D eigenvalue weighted by Gasteiger charge is -2.32. The Kier molecular flexibility index (Phi) is 4.04. The van der Waals surface area contributed by atoms with Crippen LogP contribution < -0.4 is 5.56 Å². The van der Waals surface area contributed by atoms with Crippen molar-refractivity contribution in [1.82, 2.24) is 24.6 Å². The molecule has 0 aliphatic carbocycles. The Bertz CT molecular complexity index is 1040. The second-order valence-electron chi connectivity index (χ2n) is 6.41. The van der Waals surface area contributed by atoms with E-state index in [1.54, 1.807) is 29.2 Å². The molecule has 1 atom stereocenters. The fourth-order valence-corrected chi connectivity index (χ4v) is 3.35. The van der Waals surface area contributed by atoms with Gasteiger partial charge in [0, 0.05) is 25.2 Å². The van der Waals surface area contributed by atoms with E-state index in [-0.39, 0.29) is 23.3 Å². The molecule has 26 heavy (non-hydrogen) atoms. The number of fused-ring (bicyclic) bond motifs is 1. The van der Waals surface area contributed by atoms with Crippen LogP contribution in [0.15, 0.2) is 35.3 Å². The molecule has 1 fully saturated rings. The van der Waals surface area contributed by atoms with Crippen LogP contribution in [0.5, 0.6) is 0 Å². The van der Waals surface area contributed by atoms with Crippen molar-refractivity contribution in [1.29, 1.82) is 0 Å². The summed E-state index contributed by atoms with van der Waals surface area (Å²) in [6.07, 6.45) is 1.64. The predicted octanol–water partition coefficient (Wildman–Crippen LogP) is 1.18. The molecule has 1 N–H and O–H groups in total. The van der Waals surface area contributed by atoms with Gasteiger partial charge in [0.25, 0.3) is 11.5 Å². The van der Waals surface area contributed by atoms with Gasteiger partial charge in [0.05, 0.1) is 24.2 Å². The number of morpholine rings is 1. The maximum atomic E-state index is 13.1. The van der Waals surface area contributed by atoms with E-state index in [0.29, 0.717) is 30.5 Å². The van der Waals surface area contributed by atoms with Crippen LogP contribution in [0, 0.1) is 6.92 Å². The normalized spacial score (nSPS) is 17.6. The molecule has 2 aromatic heterocycles. The second-order valence-corrected chi connectivity index (χ2v) is 6.41. The van der Waals surface area contributed by atoms with Crippen molar-refractivity contribution in [3.8, 4) is 0 Å². The first-order valence-electron chi connectivity index (χ1n) is 8.43. The lowest BCUT2D eigenvalue weighted by Crippen LogP contribution is -2.43. The van der Waals surface area contributed by atoms with E-state index in [4.69, 9.17) is 4.74 Å². The minimum absolute atomic E-state index is 0.225. The maximum Gasteiger partial charge on any atom is 0.275 e. The number of aromatic amines is 1. The molecule has 0 saturated carbocycles. The van der Waals surface area contributed by atoms with Crippen molar-refractivity contribution in [2.75, 3.05) is 19.7 Å². The van der Waals surface area contributed by atoms with E-state index < -0.39 is 0 Å². The van der Waals surface area contributed by atoms with Crippen LogP contribution in [-0.2, 0) is 11.8 Å². The van der Waals surface area contributed by atoms with Crippen molar-refractivity contribution in [3.05, 3.63) is 58.0 Å². The van der Waals surface area contributed by atoms with Gasteiger partial charge in [0.1, 0.15) is 11.9 Å². The summed E-state index contributed by atoms with van der Waals surface area (Å²) in [7, 11) is 1.91. The van der Waals surface area contributed by atoms with E-state index in [0.717, 1.165) is 11.5 Å². The number of aromatic nitrogens is 4. The minimum Gasteiger partial charge on any atom is -0.367 e. The molecule has 0 bridgehead atoms. The number of nitrogens with zero attached hydrogens (tertiary/aromatic N) is 4. The number of hydrogen-bond donors (Lipinski definition) is 1. The molecule has 4 rings (SSSR count). The van der Waals surface area contributed by atoms with Gasteiger partial charge in [-0.2, -0.15) is 5.10 Å². The third-order valence-electron chi connectivity index (χ3n) is 4.57. The molecule has 1 amide bonds. The average molecular weight is 353 g/mol. The summed E-state index contributed by atoms with van der Waals surface area (Å²) in [6, 6.07) is 6.98. The van der Waals surface area contributed by atoms with Crippen LogP contribution >= 0.6 is 0 Å². The number of amides is 1.